The van der Waals surface area contributed by atoms with Gasteiger partial charge in [-0.1, -0.05) is 19.1 Å². The Balaban J connectivity index is 2.06. The standard InChI is InChI=1S/C17H22N2O2/c1-5-18-12(3)14-6-8-15(9-7-14)19-17(20)16-10-11(2)21-13(16)4/h6-10,12,18H,5H2,1-4H3,(H,19,20). The van der Waals surface area contributed by atoms with Crippen LogP contribution in [0.5, 0.6) is 0 Å². The monoisotopic (exact) mass is 286 g/mol. The molecule has 0 aliphatic carbocycles. The minimum Gasteiger partial charge on any atom is -0.466 e. The molecule has 21 heavy (non-hydrogen) atoms. The maximum atomic E-state index is 12.2. The highest BCUT2D eigenvalue weighted by Crippen LogP contribution is 2.18. The summed E-state index contributed by atoms with van der Waals surface area (Å²) < 4.78 is 5.38. The van der Waals surface area contributed by atoms with Gasteiger partial charge in [-0.25, -0.2) is 0 Å². The van der Waals surface area contributed by atoms with Crippen molar-refractivity contribution in [3.63, 3.8) is 0 Å². The fraction of sp³-hybridized carbons (Fsp3) is 0.353. The Morgan fingerprint density at radius 3 is 2.43 bits per heavy atom. The molecule has 0 fully saturated rings. The number of anilines is 1. The summed E-state index contributed by atoms with van der Waals surface area (Å²) in [5.41, 5.74) is 2.56. The molecule has 2 rings (SSSR count). The maximum Gasteiger partial charge on any atom is 0.259 e. The zero-order valence-electron chi connectivity index (χ0n) is 13.0. The van der Waals surface area contributed by atoms with E-state index in [0.29, 0.717) is 17.4 Å². The highest BCUT2D eigenvalue weighted by molar-refractivity contribution is 6.05. The van der Waals surface area contributed by atoms with Gasteiger partial charge in [0, 0.05) is 11.7 Å². The minimum absolute atomic E-state index is 0.142. The van der Waals surface area contributed by atoms with Gasteiger partial charge in [-0.05, 0) is 51.1 Å². The number of amides is 1. The molecule has 0 aliphatic heterocycles. The molecule has 4 nitrogen and oxygen atoms in total. The van der Waals surface area contributed by atoms with E-state index in [1.165, 1.54) is 5.56 Å². The molecule has 0 saturated carbocycles. The number of carbonyl (C=O) groups is 1. The fourth-order valence-electron chi connectivity index (χ4n) is 2.33. The lowest BCUT2D eigenvalue weighted by Gasteiger charge is -2.13. The third-order valence-electron chi connectivity index (χ3n) is 3.46. The molecule has 2 N–H and O–H groups in total. The Bertz CT molecular complexity index is 614. The molecule has 0 aliphatic rings. The van der Waals surface area contributed by atoms with Crippen LogP contribution in [0.3, 0.4) is 0 Å². The van der Waals surface area contributed by atoms with Crippen LogP contribution in [0.1, 0.15) is 47.3 Å². The number of aryl methyl sites for hydroxylation is 2. The zero-order valence-corrected chi connectivity index (χ0v) is 13.0. The van der Waals surface area contributed by atoms with Crippen molar-refractivity contribution in [2.75, 3.05) is 11.9 Å². The van der Waals surface area contributed by atoms with Gasteiger partial charge in [0.15, 0.2) is 0 Å². The number of rotatable bonds is 5. The van der Waals surface area contributed by atoms with Crippen molar-refractivity contribution in [2.45, 2.75) is 33.7 Å². The molecule has 1 aromatic carbocycles. The second kappa shape index (κ2) is 6.59. The van der Waals surface area contributed by atoms with E-state index in [-0.39, 0.29) is 5.91 Å². The molecule has 1 heterocycles. The van der Waals surface area contributed by atoms with E-state index in [9.17, 15) is 4.79 Å². The topological polar surface area (TPSA) is 54.3 Å². The third kappa shape index (κ3) is 3.73. The predicted molar refractivity (Wildman–Crippen MR) is 84.7 cm³/mol. The van der Waals surface area contributed by atoms with E-state index in [2.05, 4.69) is 24.5 Å². The van der Waals surface area contributed by atoms with Crippen LogP contribution in [0.25, 0.3) is 0 Å². The van der Waals surface area contributed by atoms with E-state index in [0.717, 1.165) is 18.0 Å². The normalized spacial score (nSPS) is 12.2. The average Bonchev–Trinajstić information content (AvgIpc) is 2.79. The van der Waals surface area contributed by atoms with Crippen molar-refractivity contribution >= 4 is 11.6 Å². The predicted octanol–water partition coefficient (Wildman–Crippen LogP) is 3.82. The second-order valence-corrected chi connectivity index (χ2v) is 5.18. The molecular formula is C17H22N2O2. The zero-order chi connectivity index (χ0) is 15.4. The Hall–Kier alpha value is -2.07. The lowest BCUT2D eigenvalue weighted by Crippen LogP contribution is -2.17. The summed E-state index contributed by atoms with van der Waals surface area (Å²) in [6.45, 7) is 8.76. The van der Waals surface area contributed by atoms with E-state index in [4.69, 9.17) is 4.42 Å². The first-order valence-electron chi connectivity index (χ1n) is 7.23. The van der Waals surface area contributed by atoms with Crippen LogP contribution in [0, 0.1) is 13.8 Å². The van der Waals surface area contributed by atoms with E-state index in [1.807, 2.05) is 31.2 Å². The molecule has 1 atom stereocenters. The minimum atomic E-state index is -0.142. The molecule has 1 unspecified atom stereocenters. The molecule has 0 saturated heterocycles. The van der Waals surface area contributed by atoms with Gasteiger partial charge in [0.25, 0.3) is 5.91 Å². The smallest absolute Gasteiger partial charge is 0.259 e. The molecule has 2 aromatic rings. The lowest BCUT2D eigenvalue weighted by molar-refractivity contribution is 0.102. The van der Waals surface area contributed by atoms with E-state index >= 15 is 0 Å². The molecule has 0 spiro atoms. The number of furan rings is 1. The Kier molecular flexibility index (Phi) is 4.81. The number of hydrogen-bond acceptors (Lipinski definition) is 3. The van der Waals surface area contributed by atoms with Crippen LogP contribution in [0.15, 0.2) is 34.7 Å². The van der Waals surface area contributed by atoms with Gasteiger partial charge in [0.1, 0.15) is 11.5 Å². The first-order valence-corrected chi connectivity index (χ1v) is 7.23. The quantitative estimate of drug-likeness (QED) is 0.878. The van der Waals surface area contributed by atoms with Crippen molar-refractivity contribution in [1.82, 2.24) is 5.32 Å². The Morgan fingerprint density at radius 2 is 1.90 bits per heavy atom. The SMILES string of the molecule is CCNC(C)c1ccc(NC(=O)c2cc(C)oc2C)cc1. The van der Waals surface area contributed by atoms with Crippen molar-refractivity contribution in [3.8, 4) is 0 Å². The lowest BCUT2D eigenvalue weighted by atomic mass is 10.1. The third-order valence-corrected chi connectivity index (χ3v) is 3.46. The van der Waals surface area contributed by atoms with Crippen LogP contribution in [-0.2, 0) is 0 Å². The number of nitrogens with one attached hydrogen (secondary N) is 2. The summed E-state index contributed by atoms with van der Waals surface area (Å²) in [7, 11) is 0. The largest absolute Gasteiger partial charge is 0.466 e. The molecule has 4 heteroatoms. The molecule has 0 bridgehead atoms. The van der Waals surface area contributed by atoms with Crippen LogP contribution in [0.4, 0.5) is 5.69 Å². The van der Waals surface area contributed by atoms with Gasteiger partial charge in [-0.3, -0.25) is 4.79 Å². The van der Waals surface area contributed by atoms with Gasteiger partial charge < -0.3 is 15.1 Å². The van der Waals surface area contributed by atoms with Crippen molar-refractivity contribution in [1.29, 1.82) is 0 Å². The maximum absolute atomic E-state index is 12.2. The molecule has 1 aromatic heterocycles. The average molecular weight is 286 g/mol. The van der Waals surface area contributed by atoms with Crippen LogP contribution in [0.2, 0.25) is 0 Å². The van der Waals surface area contributed by atoms with Crippen LogP contribution >= 0.6 is 0 Å². The van der Waals surface area contributed by atoms with Crippen molar-refractivity contribution in [2.24, 2.45) is 0 Å². The highest BCUT2D eigenvalue weighted by Gasteiger charge is 2.13. The number of carbonyl (C=O) groups excluding carboxylic acids is 1. The van der Waals surface area contributed by atoms with Gasteiger partial charge in [0.05, 0.1) is 5.56 Å². The first kappa shape index (κ1) is 15.3. The number of hydrogen-bond donors (Lipinski definition) is 2. The Labute approximate surface area is 125 Å². The summed E-state index contributed by atoms with van der Waals surface area (Å²) in [6.07, 6.45) is 0. The molecular weight excluding hydrogens is 264 g/mol. The molecule has 112 valence electrons. The van der Waals surface area contributed by atoms with E-state index in [1.54, 1.807) is 13.0 Å². The van der Waals surface area contributed by atoms with Gasteiger partial charge in [-0.15, -0.1) is 0 Å². The van der Waals surface area contributed by atoms with E-state index < -0.39 is 0 Å². The summed E-state index contributed by atoms with van der Waals surface area (Å²) in [5, 5.41) is 6.25. The Morgan fingerprint density at radius 1 is 1.24 bits per heavy atom. The van der Waals surface area contributed by atoms with Crippen molar-refractivity contribution < 1.29 is 9.21 Å². The number of benzene rings is 1. The summed E-state index contributed by atoms with van der Waals surface area (Å²) >= 11 is 0. The fourth-order valence-corrected chi connectivity index (χ4v) is 2.33. The first-order chi connectivity index (χ1) is 10.0. The molecule has 0 radical (unpaired) electrons. The van der Waals surface area contributed by atoms with Gasteiger partial charge in [0.2, 0.25) is 0 Å². The van der Waals surface area contributed by atoms with Crippen LogP contribution in [-0.4, -0.2) is 12.5 Å². The molecule has 1 amide bonds. The second-order valence-electron chi connectivity index (χ2n) is 5.18. The van der Waals surface area contributed by atoms with Gasteiger partial charge >= 0.3 is 0 Å². The summed E-state index contributed by atoms with van der Waals surface area (Å²) in [5.74, 6) is 1.24. The summed E-state index contributed by atoms with van der Waals surface area (Å²) in [6, 6.07) is 9.95. The van der Waals surface area contributed by atoms with Gasteiger partial charge in [-0.2, -0.15) is 0 Å². The summed E-state index contributed by atoms with van der Waals surface area (Å²) in [4.78, 5) is 12.2. The van der Waals surface area contributed by atoms with Crippen LogP contribution < -0.4 is 10.6 Å². The highest BCUT2D eigenvalue weighted by atomic mass is 16.3. The van der Waals surface area contributed by atoms with Crippen molar-refractivity contribution in [3.05, 3.63) is 53.0 Å².